The zero-order valence-electron chi connectivity index (χ0n) is 20.2. The predicted molar refractivity (Wildman–Crippen MR) is 142 cm³/mol. The second-order valence-corrected chi connectivity index (χ2v) is 9.20. The van der Waals surface area contributed by atoms with Crippen LogP contribution in [-0.2, 0) is 0 Å². The Kier molecular flexibility index (Phi) is 5.46. The lowest BCUT2D eigenvalue weighted by atomic mass is 10.0. The smallest absolute Gasteiger partial charge is 0.264 e. The zero-order chi connectivity index (χ0) is 25.5. The van der Waals surface area contributed by atoms with Crippen molar-refractivity contribution in [2.45, 2.75) is 25.8 Å². The SMILES string of the molecule is C[C@@H](NC(=O)c1c(N)nn2cccnc12)c1cc2cccc(C#CC3CC3)c2c(=O)n1-c1ccccc1. The molecule has 6 rings (SSSR count). The maximum Gasteiger partial charge on any atom is 0.264 e. The summed E-state index contributed by atoms with van der Waals surface area (Å²) in [4.78, 5) is 31.6. The third-order valence-electron chi connectivity index (χ3n) is 6.52. The second-order valence-electron chi connectivity index (χ2n) is 9.20. The van der Waals surface area contributed by atoms with Crippen LogP contribution in [0.2, 0.25) is 0 Å². The van der Waals surface area contributed by atoms with Crippen LogP contribution >= 0.6 is 0 Å². The van der Waals surface area contributed by atoms with Crippen molar-refractivity contribution >= 4 is 28.1 Å². The van der Waals surface area contributed by atoms with Crippen LogP contribution in [-0.4, -0.2) is 25.1 Å². The average molecular weight is 489 g/mol. The van der Waals surface area contributed by atoms with Gasteiger partial charge < -0.3 is 11.1 Å². The Morgan fingerprint density at radius 1 is 1.14 bits per heavy atom. The van der Waals surface area contributed by atoms with Gasteiger partial charge in [0.1, 0.15) is 5.56 Å². The quantitative estimate of drug-likeness (QED) is 0.374. The van der Waals surface area contributed by atoms with Crippen molar-refractivity contribution in [3.05, 3.63) is 100 Å². The largest absolute Gasteiger partial charge is 0.381 e. The molecular formula is C29H24N6O2. The summed E-state index contributed by atoms with van der Waals surface area (Å²) in [7, 11) is 0. The molecule has 0 saturated heterocycles. The van der Waals surface area contributed by atoms with Gasteiger partial charge in [0.25, 0.3) is 11.5 Å². The van der Waals surface area contributed by atoms with Crippen LogP contribution in [0, 0.1) is 17.8 Å². The van der Waals surface area contributed by atoms with E-state index in [9.17, 15) is 9.59 Å². The number of benzene rings is 2. The van der Waals surface area contributed by atoms with Gasteiger partial charge in [-0.15, -0.1) is 5.10 Å². The van der Waals surface area contributed by atoms with E-state index in [0.29, 0.717) is 33.9 Å². The lowest BCUT2D eigenvalue weighted by Gasteiger charge is -2.21. The molecule has 8 heteroatoms. The lowest BCUT2D eigenvalue weighted by molar-refractivity contribution is 0.0941. The summed E-state index contributed by atoms with van der Waals surface area (Å²) in [6.45, 7) is 1.84. The van der Waals surface area contributed by atoms with Crippen molar-refractivity contribution < 1.29 is 4.79 Å². The van der Waals surface area contributed by atoms with Crippen LogP contribution in [0.3, 0.4) is 0 Å². The van der Waals surface area contributed by atoms with Crippen molar-refractivity contribution in [1.82, 2.24) is 24.5 Å². The topological polar surface area (TPSA) is 107 Å². The Bertz CT molecular complexity index is 1790. The van der Waals surface area contributed by atoms with E-state index >= 15 is 0 Å². The average Bonchev–Trinajstić information content (AvgIpc) is 3.67. The lowest BCUT2D eigenvalue weighted by Crippen LogP contribution is -2.32. The number of nitrogens with zero attached hydrogens (tertiary/aromatic N) is 4. The van der Waals surface area contributed by atoms with Gasteiger partial charge in [-0.25, -0.2) is 9.50 Å². The normalized spacial score (nSPS) is 13.8. The maximum absolute atomic E-state index is 14.0. The number of nitrogen functional groups attached to an aromatic ring is 1. The van der Waals surface area contributed by atoms with Gasteiger partial charge in [0.05, 0.1) is 11.4 Å². The fraction of sp³-hybridized carbons (Fsp3) is 0.172. The first-order valence-electron chi connectivity index (χ1n) is 12.2. The molecule has 1 aliphatic carbocycles. The van der Waals surface area contributed by atoms with Crippen LogP contribution in [0.15, 0.2) is 77.9 Å². The number of carbonyl (C=O) groups is 1. The fourth-order valence-corrected chi connectivity index (χ4v) is 4.52. The molecular weight excluding hydrogens is 464 g/mol. The van der Waals surface area contributed by atoms with Gasteiger partial charge in [-0.1, -0.05) is 42.2 Å². The molecule has 0 radical (unpaired) electrons. The number of fused-ring (bicyclic) bond motifs is 2. The van der Waals surface area contributed by atoms with E-state index in [4.69, 9.17) is 5.73 Å². The van der Waals surface area contributed by atoms with Gasteiger partial charge in [-0.3, -0.25) is 14.2 Å². The highest BCUT2D eigenvalue weighted by Gasteiger charge is 2.24. The van der Waals surface area contributed by atoms with Crippen LogP contribution in [0.25, 0.3) is 22.1 Å². The molecule has 182 valence electrons. The molecule has 3 N–H and O–H groups in total. The van der Waals surface area contributed by atoms with E-state index in [-0.39, 0.29) is 16.9 Å². The summed E-state index contributed by atoms with van der Waals surface area (Å²) in [6, 6.07) is 18.2. The van der Waals surface area contributed by atoms with Crippen molar-refractivity contribution in [2.24, 2.45) is 5.92 Å². The van der Waals surface area contributed by atoms with Crippen molar-refractivity contribution in [1.29, 1.82) is 0 Å². The molecule has 8 nitrogen and oxygen atoms in total. The van der Waals surface area contributed by atoms with Gasteiger partial charge in [0.15, 0.2) is 11.5 Å². The third-order valence-corrected chi connectivity index (χ3v) is 6.52. The molecule has 0 unspecified atom stereocenters. The third kappa shape index (κ3) is 4.10. The number of hydrogen-bond acceptors (Lipinski definition) is 5. The van der Waals surface area contributed by atoms with E-state index in [0.717, 1.165) is 18.2 Å². The number of carbonyl (C=O) groups excluding carboxylic acids is 1. The first-order chi connectivity index (χ1) is 18.0. The molecule has 1 aliphatic rings. The molecule has 1 amide bonds. The number of para-hydroxylation sites is 1. The van der Waals surface area contributed by atoms with Gasteiger partial charge >= 0.3 is 0 Å². The van der Waals surface area contributed by atoms with Crippen LogP contribution in [0.4, 0.5) is 5.82 Å². The monoisotopic (exact) mass is 488 g/mol. The number of amides is 1. The van der Waals surface area contributed by atoms with E-state index in [1.807, 2.05) is 61.5 Å². The number of hydrogen-bond donors (Lipinski definition) is 2. The summed E-state index contributed by atoms with van der Waals surface area (Å²) in [5.41, 5.74) is 8.48. The molecule has 1 atom stereocenters. The Morgan fingerprint density at radius 2 is 1.95 bits per heavy atom. The molecule has 3 heterocycles. The number of pyridine rings is 1. The van der Waals surface area contributed by atoms with Crippen LogP contribution in [0.1, 0.15) is 47.4 Å². The van der Waals surface area contributed by atoms with E-state index in [1.54, 1.807) is 23.0 Å². The number of nitrogens with one attached hydrogen (secondary N) is 1. The number of rotatable bonds is 4. The summed E-state index contributed by atoms with van der Waals surface area (Å²) in [5.74, 6) is 6.58. The molecule has 0 spiro atoms. The first-order valence-corrected chi connectivity index (χ1v) is 12.2. The molecule has 37 heavy (non-hydrogen) atoms. The number of aromatic nitrogens is 4. The molecule has 2 aromatic carbocycles. The highest BCUT2D eigenvalue weighted by atomic mass is 16.2. The molecule has 1 fully saturated rings. The summed E-state index contributed by atoms with van der Waals surface area (Å²) >= 11 is 0. The Balaban J connectivity index is 1.48. The summed E-state index contributed by atoms with van der Waals surface area (Å²) in [5, 5.41) is 8.52. The zero-order valence-corrected chi connectivity index (χ0v) is 20.2. The Morgan fingerprint density at radius 3 is 2.73 bits per heavy atom. The molecule has 0 bridgehead atoms. The first kappa shape index (κ1) is 22.6. The second kappa shape index (κ2) is 8.95. The predicted octanol–water partition coefficient (Wildman–Crippen LogP) is 3.87. The standard InChI is InChI=1S/C29H24N6O2/c1-18(32-28(36)25-26(30)33-34-16-6-15-31-27(25)34)23-17-21-8-5-7-20(14-13-19-11-12-19)24(21)29(37)35(23)22-9-3-2-4-10-22/h2-10,15-19H,11-12H2,1H3,(H2,30,33)(H,32,36)/t18-/m1/s1. The number of anilines is 1. The van der Waals surface area contributed by atoms with Gasteiger partial charge in [-0.2, -0.15) is 0 Å². The minimum absolute atomic E-state index is 0.0845. The van der Waals surface area contributed by atoms with Gasteiger partial charge in [0, 0.05) is 35.3 Å². The highest BCUT2D eigenvalue weighted by Crippen LogP contribution is 2.28. The van der Waals surface area contributed by atoms with E-state index in [2.05, 4.69) is 27.2 Å². The highest BCUT2D eigenvalue weighted by molar-refractivity contribution is 6.04. The van der Waals surface area contributed by atoms with E-state index < -0.39 is 11.9 Å². The minimum atomic E-state index is -0.538. The van der Waals surface area contributed by atoms with Gasteiger partial charge in [0.2, 0.25) is 0 Å². The molecule has 0 aliphatic heterocycles. The van der Waals surface area contributed by atoms with Crippen molar-refractivity contribution in [3.8, 4) is 17.5 Å². The fourth-order valence-electron chi connectivity index (χ4n) is 4.52. The Labute approximate surface area is 212 Å². The van der Waals surface area contributed by atoms with Crippen LogP contribution < -0.4 is 16.6 Å². The molecule has 3 aromatic heterocycles. The summed E-state index contributed by atoms with van der Waals surface area (Å²) < 4.78 is 3.11. The van der Waals surface area contributed by atoms with E-state index in [1.165, 1.54) is 4.52 Å². The minimum Gasteiger partial charge on any atom is -0.381 e. The number of nitrogens with two attached hydrogens (primary N) is 1. The van der Waals surface area contributed by atoms with Crippen molar-refractivity contribution in [3.63, 3.8) is 0 Å². The molecule has 5 aromatic rings. The maximum atomic E-state index is 14.0. The molecule has 1 saturated carbocycles. The Hall–Kier alpha value is -4.90. The summed E-state index contributed by atoms with van der Waals surface area (Å²) in [6.07, 6.45) is 5.48. The van der Waals surface area contributed by atoms with Crippen molar-refractivity contribution in [2.75, 3.05) is 5.73 Å². The van der Waals surface area contributed by atoms with Gasteiger partial charge in [-0.05, 0) is 55.5 Å². The van der Waals surface area contributed by atoms with Crippen LogP contribution in [0.5, 0.6) is 0 Å².